The predicted octanol–water partition coefficient (Wildman–Crippen LogP) is 1.17. The molecule has 0 aliphatic rings. The number of hydrogen-bond donors (Lipinski definition) is 1. The van der Waals surface area contributed by atoms with E-state index in [1.807, 2.05) is 0 Å². The number of hydrogen-bond acceptors (Lipinski definition) is 2. The van der Waals surface area contributed by atoms with Gasteiger partial charge in [-0.15, -0.1) is 0 Å². The summed E-state index contributed by atoms with van der Waals surface area (Å²) < 4.78 is 30.3. The Hall–Kier alpha value is 0.130. The van der Waals surface area contributed by atoms with Gasteiger partial charge in [-0.1, -0.05) is 12.1 Å². The monoisotopic (exact) mass is 209 g/mol. The van der Waals surface area contributed by atoms with Crippen LogP contribution < -0.4 is 0 Å². The summed E-state index contributed by atoms with van der Waals surface area (Å²) in [7, 11) is -4.06. The van der Waals surface area contributed by atoms with Crippen molar-refractivity contribution < 1.29 is 13.0 Å². The van der Waals surface area contributed by atoms with E-state index in [0.29, 0.717) is 5.56 Å². The third kappa shape index (κ3) is 3.40. The summed E-state index contributed by atoms with van der Waals surface area (Å²) in [6, 6.07) is 4.91. The van der Waals surface area contributed by atoms with E-state index in [2.05, 4.69) is 0 Å². The maximum atomic E-state index is 10.8. The minimum Gasteiger partial charge on any atom is -0.282 e. The van der Waals surface area contributed by atoms with E-state index >= 15 is 0 Å². The first-order chi connectivity index (χ1) is 5.41. The SMILES string of the molecule is Cc1ccc(C)c(S(=O)(=O)O)c1.[Na]. The smallest absolute Gasteiger partial charge is 0.282 e. The zero-order chi connectivity index (χ0) is 9.35. The fourth-order valence-electron chi connectivity index (χ4n) is 0.985. The third-order valence-corrected chi connectivity index (χ3v) is 2.62. The van der Waals surface area contributed by atoms with Gasteiger partial charge in [0.05, 0.1) is 4.90 Å². The number of rotatable bonds is 1. The van der Waals surface area contributed by atoms with E-state index in [9.17, 15) is 8.42 Å². The topological polar surface area (TPSA) is 54.4 Å². The maximum absolute atomic E-state index is 10.8. The summed E-state index contributed by atoms with van der Waals surface area (Å²) in [6.07, 6.45) is 0. The number of aryl methyl sites for hydroxylation is 2. The van der Waals surface area contributed by atoms with Gasteiger partial charge in [-0.3, -0.25) is 4.55 Å². The molecule has 1 N–H and O–H groups in total. The normalized spacial score (nSPS) is 10.7. The molecule has 0 saturated carbocycles. The van der Waals surface area contributed by atoms with Crippen molar-refractivity contribution >= 4 is 39.7 Å². The van der Waals surface area contributed by atoms with Crippen molar-refractivity contribution in [2.45, 2.75) is 18.7 Å². The van der Waals surface area contributed by atoms with Gasteiger partial charge in [-0.2, -0.15) is 8.42 Å². The standard InChI is InChI=1S/C8H10O3S.Na/c1-6-3-4-7(2)8(5-6)12(9,10)11;/h3-5H,1-2H3,(H,9,10,11);. The second kappa shape index (κ2) is 4.57. The first-order valence-corrected chi connectivity index (χ1v) is 4.90. The van der Waals surface area contributed by atoms with Crippen LogP contribution in [0.5, 0.6) is 0 Å². The molecular formula is C8H10NaO3S. The minimum absolute atomic E-state index is 0. The Morgan fingerprint density at radius 2 is 1.77 bits per heavy atom. The Kier molecular flexibility index (Phi) is 4.62. The molecule has 0 aromatic heterocycles. The van der Waals surface area contributed by atoms with Gasteiger partial charge in [-0.05, 0) is 31.0 Å². The molecule has 1 radical (unpaired) electrons. The Morgan fingerprint density at radius 1 is 1.23 bits per heavy atom. The van der Waals surface area contributed by atoms with Crippen LogP contribution in [0.15, 0.2) is 23.1 Å². The fourth-order valence-corrected chi connectivity index (χ4v) is 1.79. The molecule has 0 heterocycles. The number of benzene rings is 1. The van der Waals surface area contributed by atoms with E-state index in [4.69, 9.17) is 4.55 Å². The van der Waals surface area contributed by atoms with Gasteiger partial charge >= 0.3 is 0 Å². The average Bonchev–Trinajstić information content (AvgIpc) is 1.92. The predicted molar refractivity (Wildman–Crippen MR) is 51.5 cm³/mol. The molecule has 0 bridgehead atoms. The summed E-state index contributed by atoms with van der Waals surface area (Å²) in [5, 5.41) is 0. The molecule has 0 amide bonds. The second-order valence-corrected chi connectivity index (χ2v) is 4.13. The fraction of sp³-hybridized carbons (Fsp3) is 0.250. The van der Waals surface area contributed by atoms with E-state index in [1.165, 1.54) is 6.07 Å². The van der Waals surface area contributed by atoms with Crippen molar-refractivity contribution in [3.05, 3.63) is 29.3 Å². The molecule has 0 aliphatic carbocycles. The maximum Gasteiger partial charge on any atom is 0.294 e. The van der Waals surface area contributed by atoms with Crippen molar-refractivity contribution in [2.75, 3.05) is 0 Å². The average molecular weight is 209 g/mol. The molecule has 1 aromatic rings. The van der Waals surface area contributed by atoms with E-state index in [-0.39, 0.29) is 34.5 Å². The summed E-state index contributed by atoms with van der Waals surface area (Å²) in [5.74, 6) is 0. The van der Waals surface area contributed by atoms with E-state index < -0.39 is 10.1 Å². The Morgan fingerprint density at radius 3 is 2.15 bits per heavy atom. The zero-order valence-corrected chi connectivity index (χ0v) is 10.7. The van der Waals surface area contributed by atoms with Gasteiger partial charge in [0.25, 0.3) is 10.1 Å². The van der Waals surface area contributed by atoms with Gasteiger partial charge < -0.3 is 0 Å². The third-order valence-electron chi connectivity index (χ3n) is 1.62. The molecule has 0 fully saturated rings. The quantitative estimate of drug-likeness (QED) is 0.558. The molecule has 1 aromatic carbocycles. The van der Waals surface area contributed by atoms with Crippen LogP contribution in [0.3, 0.4) is 0 Å². The molecule has 0 atom stereocenters. The molecule has 0 spiro atoms. The Balaban J connectivity index is 0.00000144. The summed E-state index contributed by atoms with van der Waals surface area (Å²) in [5.41, 5.74) is 1.37. The van der Waals surface area contributed by atoms with Crippen LogP contribution in [-0.4, -0.2) is 42.5 Å². The molecule has 1 rings (SSSR count). The first-order valence-electron chi connectivity index (χ1n) is 3.46. The van der Waals surface area contributed by atoms with Crippen molar-refractivity contribution in [1.82, 2.24) is 0 Å². The van der Waals surface area contributed by atoms with Crippen LogP contribution in [0.4, 0.5) is 0 Å². The van der Waals surface area contributed by atoms with Crippen LogP contribution in [0.1, 0.15) is 11.1 Å². The first kappa shape index (κ1) is 13.1. The van der Waals surface area contributed by atoms with Crippen molar-refractivity contribution in [2.24, 2.45) is 0 Å². The Bertz CT molecular complexity index is 398. The van der Waals surface area contributed by atoms with Crippen LogP contribution in [0.25, 0.3) is 0 Å². The molecular weight excluding hydrogens is 199 g/mol. The van der Waals surface area contributed by atoms with Gasteiger partial charge in [0, 0.05) is 29.6 Å². The summed E-state index contributed by atoms with van der Waals surface area (Å²) in [4.78, 5) is -0.0116. The molecule has 5 heteroatoms. The largest absolute Gasteiger partial charge is 0.294 e. The van der Waals surface area contributed by atoms with Crippen molar-refractivity contribution in [3.8, 4) is 0 Å². The molecule has 0 unspecified atom stereocenters. The van der Waals surface area contributed by atoms with Crippen LogP contribution in [-0.2, 0) is 10.1 Å². The molecule has 13 heavy (non-hydrogen) atoms. The minimum atomic E-state index is -4.06. The second-order valence-electron chi connectivity index (χ2n) is 2.74. The van der Waals surface area contributed by atoms with Crippen molar-refractivity contribution in [3.63, 3.8) is 0 Å². The Labute approximate surface area is 100 Å². The van der Waals surface area contributed by atoms with Crippen LogP contribution in [0.2, 0.25) is 0 Å². The van der Waals surface area contributed by atoms with Gasteiger partial charge in [-0.25, -0.2) is 0 Å². The zero-order valence-electron chi connectivity index (χ0n) is 7.90. The summed E-state index contributed by atoms with van der Waals surface area (Å²) >= 11 is 0. The van der Waals surface area contributed by atoms with Crippen LogP contribution in [0, 0.1) is 13.8 Å². The van der Waals surface area contributed by atoms with Gasteiger partial charge in [0.15, 0.2) is 0 Å². The molecule has 0 saturated heterocycles. The van der Waals surface area contributed by atoms with E-state index in [1.54, 1.807) is 26.0 Å². The van der Waals surface area contributed by atoms with Crippen LogP contribution >= 0.6 is 0 Å². The molecule has 3 nitrogen and oxygen atoms in total. The van der Waals surface area contributed by atoms with E-state index in [0.717, 1.165) is 5.56 Å². The summed E-state index contributed by atoms with van der Waals surface area (Å²) in [6.45, 7) is 3.41. The van der Waals surface area contributed by atoms with Crippen molar-refractivity contribution in [1.29, 1.82) is 0 Å². The molecule has 0 aliphatic heterocycles. The van der Waals surface area contributed by atoms with Gasteiger partial charge in [0.1, 0.15) is 0 Å². The van der Waals surface area contributed by atoms with Gasteiger partial charge in [0.2, 0.25) is 0 Å². The molecule has 67 valence electrons.